The number of anilines is 3. The molecular weight excluding hydrogens is 319 g/mol. The number of fused-ring (bicyclic) bond motifs is 1. The quantitative estimate of drug-likeness (QED) is 0.517. The molecule has 0 aliphatic carbocycles. The van der Waals surface area contributed by atoms with Gasteiger partial charge in [-0.15, -0.1) is 0 Å². The summed E-state index contributed by atoms with van der Waals surface area (Å²) in [5.74, 6) is 0.747. The minimum absolute atomic E-state index is 0.292. The number of hydrogen-bond acceptors (Lipinski definition) is 5. The molecule has 0 saturated heterocycles. The summed E-state index contributed by atoms with van der Waals surface area (Å²) in [6.07, 6.45) is 1.58. The SMILES string of the molecule is Fc1ccc(Nc2nc(NCc3ccccc3)c3[nH]cnc3n2)cc1. The second-order valence-electron chi connectivity index (χ2n) is 5.47. The first-order chi connectivity index (χ1) is 12.3. The number of imidazole rings is 1. The van der Waals surface area contributed by atoms with Crippen LogP contribution in [0.25, 0.3) is 11.2 Å². The zero-order chi connectivity index (χ0) is 17.1. The van der Waals surface area contributed by atoms with Gasteiger partial charge in [0.15, 0.2) is 11.5 Å². The summed E-state index contributed by atoms with van der Waals surface area (Å²) >= 11 is 0. The van der Waals surface area contributed by atoms with Crippen LogP contribution in [-0.2, 0) is 6.54 Å². The Morgan fingerprint density at radius 1 is 0.960 bits per heavy atom. The third-order valence-corrected chi connectivity index (χ3v) is 3.69. The molecule has 3 N–H and O–H groups in total. The molecule has 124 valence electrons. The molecule has 6 nitrogen and oxygen atoms in total. The topological polar surface area (TPSA) is 78.5 Å². The molecular formula is C18H15FN6. The Hall–Kier alpha value is -3.48. The summed E-state index contributed by atoms with van der Waals surface area (Å²) in [6.45, 7) is 0.627. The molecule has 0 aliphatic rings. The molecule has 4 aromatic rings. The lowest BCUT2D eigenvalue weighted by atomic mass is 10.2. The average molecular weight is 334 g/mol. The van der Waals surface area contributed by atoms with E-state index in [0.717, 1.165) is 11.1 Å². The minimum Gasteiger partial charge on any atom is -0.364 e. The van der Waals surface area contributed by atoms with Crippen LogP contribution in [0, 0.1) is 5.82 Å². The average Bonchev–Trinajstić information content (AvgIpc) is 3.11. The van der Waals surface area contributed by atoms with E-state index in [-0.39, 0.29) is 5.82 Å². The molecule has 0 radical (unpaired) electrons. The molecule has 0 fully saturated rings. The summed E-state index contributed by atoms with van der Waals surface area (Å²) in [6, 6.07) is 16.1. The molecule has 2 aromatic heterocycles. The Morgan fingerprint density at radius 2 is 1.76 bits per heavy atom. The highest BCUT2D eigenvalue weighted by Crippen LogP contribution is 2.21. The van der Waals surface area contributed by atoms with Gasteiger partial charge >= 0.3 is 0 Å². The van der Waals surface area contributed by atoms with E-state index in [0.29, 0.717) is 29.6 Å². The highest BCUT2D eigenvalue weighted by molar-refractivity contribution is 5.84. The monoisotopic (exact) mass is 334 g/mol. The predicted octanol–water partition coefficient (Wildman–Crippen LogP) is 3.85. The number of benzene rings is 2. The third-order valence-electron chi connectivity index (χ3n) is 3.69. The van der Waals surface area contributed by atoms with Crippen LogP contribution in [0.2, 0.25) is 0 Å². The van der Waals surface area contributed by atoms with Crippen LogP contribution in [0.1, 0.15) is 5.56 Å². The molecule has 7 heteroatoms. The summed E-state index contributed by atoms with van der Waals surface area (Å²) in [5.41, 5.74) is 3.13. The first-order valence-electron chi connectivity index (χ1n) is 7.79. The molecule has 0 unspecified atom stereocenters. The van der Waals surface area contributed by atoms with Gasteiger partial charge in [-0.3, -0.25) is 0 Å². The number of hydrogen-bond donors (Lipinski definition) is 3. The van der Waals surface area contributed by atoms with E-state index in [2.05, 4.69) is 30.6 Å². The van der Waals surface area contributed by atoms with Crippen molar-refractivity contribution in [2.75, 3.05) is 10.6 Å². The maximum absolute atomic E-state index is 13.0. The van der Waals surface area contributed by atoms with Crippen LogP contribution in [0.4, 0.5) is 21.8 Å². The lowest BCUT2D eigenvalue weighted by Gasteiger charge is -2.10. The highest BCUT2D eigenvalue weighted by Gasteiger charge is 2.10. The van der Waals surface area contributed by atoms with Crippen LogP contribution in [0.3, 0.4) is 0 Å². The molecule has 0 bridgehead atoms. The van der Waals surface area contributed by atoms with Crippen molar-refractivity contribution in [1.82, 2.24) is 19.9 Å². The van der Waals surface area contributed by atoms with E-state index in [1.807, 2.05) is 30.3 Å². The lowest BCUT2D eigenvalue weighted by Crippen LogP contribution is -2.05. The third kappa shape index (κ3) is 3.40. The first-order valence-corrected chi connectivity index (χ1v) is 7.79. The Labute approximate surface area is 143 Å². The molecule has 2 aromatic carbocycles. The Bertz CT molecular complexity index is 982. The normalized spacial score (nSPS) is 10.8. The standard InChI is InChI=1S/C18H15FN6/c19-13-6-8-14(9-7-13)23-18-24-16(15-17(25-18)22-11-21-15)20-10-12-4-2-1-3-5-12/h1-9,11H,10H2,(H3,20,21,22,23,24,25). The van der Waals surface area contributed by atoms with Crippen molar-refractivity contribution < 1.29 is 4.39 Å². The first kappa shape index (κ1) is 15.1. The van der Waals surface area contributed by atoms with Crippen molar-refractivity contribution in [3.63, 3.8) is 0 Å². The fourth-order valence-electron chi connectivity index (χ4n) is 2.46. The van der Waals surface area contributed by atoms with Crippen LogP contribution < -0.4 is 10.6 Å². The molecule has 0 atom stereocenters. The van der Waals surface area contributed by atoms with Crippen molar-refractivity contribution in [2.24, 2.45) is 0 Å². The maximum Gasteiger partial charge on any atom is 0.231 e. The van der Waals surface area contributed by atoms with Gasteiger partial charge in [0.05, 0.1) is 6.33 Å². The summed E-state index contributed by atoms with van der Waals surface area (Å²) in [7, 11) is 0. The number of H-pyrrole nitrogens is 1. The van der Waals surface area contributed by atoms with E-state index >= 15 is 0 Å². The number of rotatable bonds is 5. The van der Waals surface area contributed by atoms with Crippen LogP contribution in [0.15, 0.2) is 60.9 Å². The predicted molar refractivity (Wildman–Crippen MR) is 95.1 cm³/mol. The second kappa shape index (κ2) is 6.56. The fourth-order valence-corrected chi connectivity index (χ4v) is 2.46. The van der Waals surface area contributed by atoms with Crippen LogP contribution in [0.5, 0.6) is 0 Å². The Morgan fingerprint density at radius 3 is 2.56 bits per heavy atom. The van der Waals surface area contributed by atoms with Gasteiger partial charge in [0, 0.05) is 12.2 Å². The van der Waals surface area contributed by atoms with Crippen molar-refractivity contribution >= 4 is 28.6 Å². The van der Waals surface area contributed by atoms with Gasteiger partial charge in [-0.05, 0) is 29.8 Å². The number of nitrogens with one attached hydrogen (secondary N) is 3. The number of aromatic amines is 1. The van der Waals surface area contributed by atoms with Gasteiger partial charge in [0.2, 0.25) is 5.95 Å². The molecule has 0 spiro atoms. The Balaban J connectivity index is 1.61. The van der Waals surface area contributed by atoms with Crippen molar-refractivity contribution in [3.05, 3.63) is 72.3 Å². The van der Waals surface area contributed by atoms with Gasteiger partial charge in [-0.1, -0.05) is 30.3 Å². The van der Waals surface area contributed by atoms with Gasteiger partial charge < -0.3 is 15.6 Å². The second-order valence-corrected chi connectivity index (χ2v) is 5.47. The van der Waals surface area contributed by atoms with Gasteiger partial charge in [0.1, 0.15) is 11.3 Å². The summed E-state index contributed by atoms with van der Waals surface area (Å²) < 4.78 is 13.0. The fraction of sp³-hybridized carbons (Fsp3) is 0.0556. The van der Waals surface area contributed by atoms with E-state index in [1.165, 1.54) is 12.1 Å². The summed E-state index contributed by atoms with van der Waals surface area (Å²) in [4.78, 5) is 16.1. The number of nitrogens with zero attached hydrogens (tertiary/aromatic N) is 3. The molecule has 0 amide bonds. The molecule has 0 aliphatic heterocycles. The molecule has 4 rings (SSSR count). The summed E-state index contributed by atoms with van der Waals surface area (Å²) in [5, 5.41) is 6.37. The van der Waals surface area contributed by atoms with E-state index in [4.69, 9.17) is 0 Å². The van der Waals surface area contributed by atoms with Crippen LogP contribution >= 0.6 is 0 Å². The van der Waals surface area contributed by atoms with Gasteiger partial charge in [-0.25, -0.2) is 9.37 Å². The number of aromatic nitrogens is 4. The van der Waals surface area contributed by atoms with Gasteiger partial charge in [0.25, 0.3) is 0 Å². The van der Waals surface area contributed by atoms with Crippen molar-refractivity contribution in [1.29, 1.82) is 0 Å². The lowest BCUT2D eigenvalue weighted by molar-refractivity contribution is 0.628. The minimum atomic E-state index is -0.292. The maximum atomic E-state index is 13.0. The van der Waals surface area contributed by atoms with E-state index in [1.54, 1.807) is 18.5 Å². The van der Waals surface area contributed by atoms with Crippen molar-refractivity contribution in [2.45, 2.75) is 6.54 Å². The molecule has 0 saturated carbocycles. The molecule has 2 heterocycles. The highest BCUT2D eigenvalue weighted by atomic mass is 19.1. The van der Waals surface area contributed by atoms with E-state index < -0.39 is 0 Å². The number of halogens is 1. The zero-order valence-electron chi connectivity index (χ0n) is 13.2. The van der Waals surface area contributed by atoms with Gasteiger partial charge in [-0.2, -0.15) is 9.97 Å². The molecule has 25 heavy (non-hydrogen) atoms. The zero-order valence-corrected chi connectivity index (χ0v) is 13.2. The Kier molecular flexibility index (Phi) is 3.96. The largest absolute Gasteiger partial charge is 0.364 e. The smallest absolute Gasteiger partial charge is 0.231 e. The van der Waals surface area contributed by atoms with E-state index in [9.17, 15) is 4.39 Å². The van der Waals surface area contributed by atoms with Crippen LogP contribution in [-0.4, -0.2) is 19.9 Å². The van der Waals surface area contributed by atoms with Crippen molar-refractivity contribution in [3.8, 4) is 0 Å².